The quantitative estimate of drug-likeness (QED) is 0.694. The summed E-state index contributed by atoms with van der Waals surface area (Å²) >= 11 is 1.17. The van der Waals surface area contributed by atoms with Gasteiger partial charge in [-0.2, -0.15) is 14.0 Å². The summed E-state index contributed by atoms with van der Waals surface area (Å²) in [4.78, 5) is 18.4. The van der Waals surface area contributed by atoms with E-state index in [4.69, 9.17) is 5.26 Å². The minimum Gasteiger partial charge on any atom is -0.434 e. The molecule has 0 amide bonds. The van der Waals surface area contributed by atoms with Gasteiger partial charge in [0.15, 0.2) is 5.16 Å². The molecule has 0 saturated heterocycles. The highest BCUT2D eigenvalue weighted by atomic mass is 32.2. The molecule has 2 rings (SSSR count). The van der Waals surface area contributed by atoms with Gasteiger partial charge in [-0.3, -0.25) is 4.79 Å². The molecule has 1 aromatic carbocycles. The number of nitrogens with one attached hydrogen (secondary N) is 1. The van der Waals surface area contributed by atoms with Crippen molar-refractivity contribution in [1.82, 2.24) is 9.97 Å². The number of para-hydroxylation sites is 1. The standard InChI is InChI=1S/C13H9F2N3O2S/c1-21-13-17-10(8(6-16)11(19)18-13)7-4-2-3-5-9(7)20-12(14)15/h2-5,12H,1H3,(H,17,18,19). The Morgan fingerprint density at radius 3 is 2.76 bits per heavy atom. The lowest BCUT2D eigenvalue weighted by atomic mass is 10.1. The van der Waals surface area contributed by atoms with Crippen molar-refractivity contribution in [3.8, 4) is 23.1 Å². The van der Waals surface area contributed by atoms with E-state index in [1.807, 2.05) is 0 Å². The first-order chi connectivity index (χ1) is 10.1. The molecular formula is C13H9F2N3O2S. The van der Waals surface area contributed by atoms with Crippen molar-refractivity contribution in [3.05, 3.63) is 40.2 Å². The zero-order chi connectivity index (χ0) is 15.4. The third-order valence-electron chi connectivity index (χ3n) is 2.56. The van der Waals surface area contributed by atoms with Gasteiger partial charge < -0.3 is 9.72 Å². The molecule has 0 spiro atoms. The van der Waals surface area contributed by atoms with Crippen molar-refractivity contribution in [2.24, 2.45) is 0 Å². The lowest BCUT2D eigenvalue weighted by Gasteiger charge is -2.11. The van der Waals surface area contributed by atoms with Gasteiger partial charge in [0.1, 0.15) is 23.1 Å². The Labute approximate surface area is 122 Å². The summed E-state index contributed by atoms with van der Waals surface area (Å²) in [6.07, 6.45) is 1.69. The summed E-state index contributed by atoms with van der Waals surface area (Å²) in [5, 5.41) is 9.37. The molecule has 108 valence electrons. The number of halogens is 2. The van der Waals surface area contributed by atoms with Gasteiger partial charge in [-0.15, -0.1) is 0 Å². The number of aromatic amines is 1. The van der Waals surface area contributed by atoms with Crippen molar-refractivity contribution < 1.29 is 13.5 Å². The highest BCUT2D eigenvalue weighted by molar-refractivity contribution is 7.98. The third kappa shape index (κ3) is 3.20. The largest absolute Gasteiger partial charge is 0.434 e. The highest BCUT2D eigenvalue weighted by Gasteiger charge is 2.18. The molecule has 1 N–H and O–H groups in total. The van der Waals surface area contributed by atoms with E-state index in [0.29, 0.717) is 0 Å². The summed E-state index contributed by atoms with van der Waals surface area (Å²) in [5.41, 5.74) is -0.700. The van der Waals surface area contributed by atoms with Crippen LogP contribution in [0.25, 0.3) is 11.3 Å². The molecule has 0 aliphatic heterocycles. The van der Waals surface area contributed by atoms with Crippen LogP contribution in [0.4, 0.5) is 8.78 Å². The van der Waals surface area contributed by atoms with Gasteiger partial charge in [0.05, 0.1) is 0 Å². The predicted octanol–water partition coefficient (Wildman–Crippen LogP) is 2.63. The van der Waals surface area contributed by atoms with Gasteiger partial charge in [0.25, 0.3) is 5.56 Å². The molecule has 8 heteroatoms. The van der Waals surface area contributed by atoms with Crippen LogP contribution in [0.15, 0.2) is 34.2 Å². The second-order valence-electron chi connectivity index (χ2n) is 3.79. The number of ether oxygens (including phenoxy) is 1. The van der Waals surface area contributed by atoms with Crippen LogP contribution >= 0.6 is 11.8 Å². The maximum Gasteiger partial charge on any atom is 0.387 e. The fourth-order valence-electron chi connectivity index (χ4n) is 1.71. The lowest BCUT2D eigenvalue weighted by Crippen LogP contribution is -2.15. The number of alkyl halides is 2. The Bertz CT molecular complexity index is 756. The van der Waals surface area contributed by atoms with Crippen LogP contribution in [-0.4, -0.2) is 22.8 Å². The molecule has 0 fully saturated rings. The number of H-pyrrole nitrogens is 1. The second-order valence-corrected chi connectivity index (χ2v) is 4.58. The van der Waals surface area contributed by atoms with Crippen molar-refractivity contribution in [2.75, 3.05) is 6.26 Å². The normalized spacial score (nSPS) is 10.4. The van der Waals surface area contributed by atoms with Crippen LogP contribution in [0, 0.1) is 11.3 Å². The minimum absolute atomic E-state index is 0.0156. The van der Waals surface area contributed by atoms with Crippen LogP contribution < -0.4 is 10.3 Å². The zero-order valence-electron chi connectivity index (χ0n) is 10.8. The summed E-state index contributed by atoms with van der Waals surface area (Å²) in [6.45, 7) is -3.02. The van der Waals surface area contributed by atoms with Crippen LogP contribution in [0.1, 0.15) is 5.56 Å². The number of nitrogens with zero attached hydrogens (tertiary/aromatic N) is 2. The third-order valence-corrected chi connectivity index (χ3v) is 3.14. The van der Waals surface area contributed by atoms with Gasteiger partial charge in [-0.25, -0.2) is 4.98 Å². The van der Waals surface area contributed by atoms with E-state index in [1.54, 1.807) is 18.4 Å². The Hall–Kier alpha value is -2.40. The monoisotopic (exact) mass is 309 g/mol. The van der Waals surface area contributed by atoms with Crippen molar-refractivity contribution in [1.29, 1.82) is 5.26 Å². The first-order valence-electron chi connectivity index (χ1n) is 5.69. The van der Waals surface area contributed by atoms with Gasteiger partial charge in [0, 0.05) is 5.56 Å². The lowest BCUT2D eigenvalue weighted by molar-refractivity contribution is -0.0494. The maximum absolute atomic E-state index is 12.4. The van der Waals surface area contributed by atoms with E-state index in [0.717, 1.165) is 0 Å². The number of hydrogen-bond acceptors (Lipinski definition) is 5. The Balaban J connectivity index is 2.70. The van der Waals surface area contributed by atoms with Crippen molar-refractivity contribution >= 4 is 11.8 Å². The van der Waals surface area contributed by atoms with Gasteiger partial charge in [0.2, 0.25) is 0 Å². The van der Waals surface area contributed by atoms with E-state index in [1.165, 1.54) is 30.0 Å². The molecule has 1 aromatic heterocycles. The van der Waals surface area contributed by atoms with Crippen LogP contribution in [-0.2, 0) is 0 Å². The first-order valence-corrected chi connectivity index (χ1v) is 6.92. The van der Waals surface area contributed by atoms with Gasteiger partial charge >= 0.3 is 6.61 Å². The SMILES string of the molecule is CSc1nc(-c2ccccc2OC(F)F)c(C#N)c(=O)[nH]1. The molecule has 0 radical (unpaired) electrons. The summed E-state index contributed by atoms with van der Waals surface area (Å²) in [7, 11) is 0. The molecular weight excluding hydrogens is 300 g/mol. The van der Waals surface area contributed by atoms with Crippen molar-refractivity contribution in [2.45, 2.75) is 11.8 Å². The number of nitriles is 1. The first kappa shape index (κ1) is 15.0. The smallest absolute Gasteiger partial charge is 0.387 e. The average Bonchev–Trinajstić information content (AvgIpc) is 2.46. The predicted molar refractivity (Wildman–Crippen MR) is 73.4 cm³/mol. The maximum atomic E-state index is 12.4. The van der Waals surface area contributed by atoms with E-state index in [9.17, 15) is 13.6 Å². The zero-order valence-corrected chi connectivity index (χ0v) is 11.6. The number of thioether (sulfide) groups is 1. The molecule has 0 saturated carbocycles. The average molecular weight is 309 g/mol. The van der Waals surface area contributed by atoms with Crippen LogP contribution in [0.2, 0.25) is 0 Å². The number of benzene rings is 1. The Kier molecular flexibility index (Phi) is 4.55. The van der Waals surface area contributed by atoms with Gasteiger partial charge in [-0.05, 0) is 18.4 Å². The molecule has 0 aliphatic carbocycles. The Morgan fingerprint density at radius 2 is 2.14 bits per heavy atom. The Morgan fingerprint density at radius 1 is 1.43 bits per heavy atom. The number of hydrogen-bond donors (Lipinski definition) is 1. The second kappa shape index (κ2) is 6.37. The fourth-order valence-corrected chi connectivity index (χ4v) is 2.09. The van der Waals surface area contributed by atoms with E-state index in [-0.39, 0.29) is 27.7 Å². The summed E-state index contributed by atoms with van der Waals surface area (Å²) in [5.74, 6) is -0.144. The van der Waals surface area contributed by atoms with E-state index in [2.05, 4.69) is 14.7 Å². The molecule has 0 aliphatic rings. The van der Waals surface area contributed by atoms with Gasteiger partial charge in [-0.1, -0.05) is 23.9 Å². The summed E-state index contributed by atoms with van der Waals surface area (Å²) < 4.78 is 29.3. The topological polar surface area (TPSA) is 78.8 Å². The van der Waals surface area contributed by atoms with E-state index >= 15 is 0 Å². The molecule has 5 nitrogen and oxygen atoms in total. The molecule has 0 unspecified atom stereocenters. The minimum atomic E-state index is -3.02. The number of aromatic nitrogens is 2. The van der Waals surface area contributed by atoms with E-state index < -0.39 is 12.2 Å². The molecule has 21 heavy (non-hydrogen) atoms. The molecule has 0 bridgehead atoms. The summed E-state index contributed by atoms with van der Waals surface area (Å²) in [6, 6.07) is 7.61. The molecule has 0 atom stereocenters. The van der Waals surface area contributed by atoms with Crippen LogP contribution in [0.5, 0.6) is 5.75 Å². The fraction of sp³-hybridized carbons (Fsp3) is 0.154. The highest BCUT2D eigenvalue weighted by Crippen LogP contribution is 2.31. The molecule has 2 aromatic rings. The molecule has 1 heterocycles. The van der Waals surface area contributed by atoms with Crippen LogP contribution in [0.3, 0.4) is 0 Å². The number of rotatable bonds is 4. The van der Waals surface area contributed by atoms with Crippen molar-refractivity contribution in [3.63, 3.8) is 0 Å².